The molecule has 0 spiro atoms. The molecule has 2 aliphatic carbocycles. The van der Waals surface area contributed by atoms with Crippen molar-refractivity contribution in [1.29, 1.82) is 0 Å². The van der Waals surface area contributed by atoms with Crippen molar-refractivity contribution < 1.29 is 14.3 Å². The Bertz CT molecular complexity index is 347. The van der Waals surface area contributed by atoms with Gasteiger partial charge in [-0.3, -0.25) is 9.59 Å². The van der Waals surface area contributed by atoms with E-state index in [4.69, 9.17) is 4.74 Å². The van der Waals surface area contributed by atoms with Crippen LogP contribution in [0.25, 0.3) is 0 Å². The summed E-state index contributed by atoms with van der Waals surface area (Å²) in [5, 5.41) is 0. The Kier molecular flexibility index (Phi) is 2.13. The quantitative estimate of drug-likeness (QED) is 0.503. The van der Waals surface area contributed by atoms with E-state index in [1.807, 2.05) is 6.92 Å². The van der Waals surface area contributed by atoms with Crippen molar-refractivity contribution in [2.75, 3.05) is 0 Å². The highest BCUT2D eigenvalue weighted by atomic mass is 16.6. The minimum Gasteiger partial charge on any atom is -0.393 e. The standard InChI is InChI=1S/C13H18O3/c1-6-8-3-4-9(5-8)10(6)11-7(2)12(14)16-13(11)15/h6-11H,3-5H2,1-2H3. The maximum atomic E-state index is 11.8. The Morgan fingerprint density at radius 3 is 2.25 bits per heavy atom. The van der Waals surface area contributed by atoms with Crippen molar-refractivity contribution >= 4 is 11.9 Å². The molecule has 6 atom stereocenters. The van der Waals surface area contributed by atoms with Crippen LogP contribution in [0.15, 0.2) is 0 Å². The minimum atomic E-state index is -0.315. The van der Waals surface area contributed by atoms with Crippen LogP contribution in [0.4, 0.5) is 0 Å². The molecule has 0 radical (unpaired) electrons. The van der Waals surface area contributed by atoms with Gasteiger partial charge in [0, 0.05) is 0 Å². The molecular formula is C13H18O3. The number of hydrogen-bond donors (Lipinski definition) is 0. The summed E-state index contributed by atoms with van der Waals surface area (Å²) in [5.74, 6) is 1.47. The van der Waals surface area contributed by atoms with Crippen molar-refractivity contribution in [3.05, 3.63) is 0 Å². The first kappa shape index (κ1) is 10.3. The van der Waals surface area contributed by atoms with Gasteiger partial charge in [-0.1, -0.05) is 13.8 Å². The highest BCUT2D eigenvalue weighted by Gasteiger charge is 2.55. The molecule has 3 nitrogen and oxygen atoms in total. The number of cyclic esters (lactones) is 2. The number of ether oxygens (including phenoxy) is 1. The highest BCUT2D eigenvalue weighted by Crippen LogP contribution is 2.56. The van der Waals surface area contributed by atoms with Crippen LogP contribution in [0.3, 0.4) is 0 Å². The summed E-state index contributed by atoms with van der Waals surface area (Å²) in [4.78, 5) is 23.2. The van der Waals surface area contributed by atoms with E-state index in [1.54, 1.807) is 0 Å². The molecule has 1 heterocycles. The second kappa shape index (κ2) is 3.31. The van der Waals surface area contributed by atoms with Crippen LogP contribution in [-0.4, -0.2) is 11.9 Å². The second-order valence-corrected chi connectivity index (χ2v) is 5.82. The molecule has 0 aromatic rings. The van der Waals surface area contributed by atoms with Crippen LogP contribution >= 0.6 is 0 Å². The molecule has 3 aliphatic rings. The normalized spacial score (nSPS) is 51.1. The molecule has 6 unspecified atom stereocenters. The average molecular weight is 222 g/mol. The van der Waals surface area contributed by atoms with Gasteiger partial charge in [-0.05, 0) is 42.9 Å². The molecule has 0 aromatic heterocycles. The summed E-state index contributed by atoms with van der Waals surface area (Å²) < 4.78 is 4.78. The lowest BCUT2D eigenvalue weighted by molar-refractivity contribution is -0.154. The fraction of sp³-hybridized carbons (Fsp3) is 0.846. The summed E-state index contributed by atoms with van der Waals surface area (Å²) in [7, 11) is 0. The van der Waals surface area contributed by atoms with E-state index in [0.717, 1.165) is 5.92 Å². The van der Waals surface area contributed by atoms with E-state index >= 15 is 0 Å². The number of fused-ring (bicyclic) bond motifs is 2. The Hall–Kier alpha value is -0.860. The van der Waals surface area contributed by atoms with E-state index in [1.165, 1.54) is 19.3 Å². The minimum absolute atomic E-state index is 0.155. The smallest absolute Gasteiger partial charge is 0.317 e. The third-order valence-corrected chi connectivity index (χ3v) is 5.21. The number of carbonyl (C=O) groups is 2. The van der Waals surface area contributed by atoms with Crippen molar-refractivity contribution in [3.63, 3.8) is 0 Å². The van der Waals surface area contributed by atoms with E-state index in [9.17, 15) is 9.59 Å². The van der Waals surface area contributed by atoms with Gasteiger partial charge in [0.1, 0.15) is 0 Å². The topological polar surface area (TPSA) is 43.4 Å². The molecule has 16 heavy (non-hydrogen) atoms. The lowest BCUT2D eigenvalue weighted by Crippen LogP contribution is -2.33. The lowest BCUT2D eigenvalue weighted by atomic mass is 9.70. The SMILES string of the molecule is CC1C(=O)OC(=O)C1C1C2CCC(C2)C1C. The fourth-order valence-corrected chi connectivity index (χ4v) is 4.35. The molecule has 0 N–H and O–H groups in total. The molecule has 2 bridgehead atoms. The summed E-state index contributed by atoms with van der Waals surface area (Å²) in [6.07, 6.45) is 3.81. The van der Waals surface area contributed by atoms with Gasteiger partial charge >= 0.3 is 11.9 Å². The van der Waals surface area contributed by atoms with Gasteiger partial charge in [0.25, 0.3) is 0 Å². The third-order valence-electron chi connectivity index (χ3n) is 5.21. The maximum Gasteiger partial charge on any atom is 0.317 e. The Labute approximate surface area is 95.5 Å². The van der Waals surface area contributed by atoms with Crippen LogP contribution in [0.5, 0.6) is 0 Å². The maximum absolute atomic E-state index is 11.8. The van der Waals surface area contributed by atoms with E-state index in [2.05, 4.69) is 6.92 Å². The van der Waals surface area contributed by atoms with Gasteiger partial charge in [0.2, 0.25) is 0 Å². The van der Waals surface area contributed by atoms with E-state index in [-0.39, 0.29) is 23.8 Å². The molecule has 3 fully saturated rings. The number of hydrogen-bond acceptors (Lipinski definition) is 3. The predicted octanol–water partition coefficient (Wildman–Crippen LogP) is 2.00. The molecule has 0 amide bonds. The molecule has 1 aliphatic heterocycles. The molecule has 2 saturated carbocycles. The average Bonchev–Trinajstić information content (AvgIpc) is 2.86. The predicted molar refractivity (Wildman–Crippen MR) is 57.2 cm³/mol. The van der Waals surface area contributed by atoms with Gasteiger partial charge in [0.05, 0.1) is 11.8 Å². The summed E-state index contributed by atoms with van der Waals surface area (Å²) in [6.45, 7) is 4.09. The second-order valence-electron chi connectivity index (χ2n) is 5.82. The lowest BCUT2D eigenvalue weighted by Gasteiger charge is -2.32. The van der Waals surface area contributed by atoms with Gasteiger partial charge in [-0.15, -0.1) is 0 Å². The van der Waals surface area contributed by atoms with Crippen LogP contribution in [0, 0.1) is 35.5 Å². The van der Waals surface area contributed by atoms with Crippen molar-refractivity contribution in [3.8, 4) is 0 Å². The first-order chi connectivity index (χ1) is 7.59. The zero-order chi connectivity index (χ0) is 11.4. The molecule has 1 saturated heterocycles. The van der Waals surface area contributed by atoms with Gasteiger partial charge in [-0.25, -0.2) is 0 Å². The van der Waals surface area contributed by atoms with Gasteiger partial charge < -0.3 is 4.74 Å². The molecule has 3 rings (SSSR count). The van der Waals surface area contributed by atoms with Gasteiger partial charge in [-0.2, -0.15) is 0 Å². The van der Waals surface area contributed by atoms with Crippen LogP contribution < -0.4 is 0 Å². The van der Waals surface area contributed by atoms with Crippen molar-refractivity contribution in [2.45, 2.75) is 33.1 Å². The fourth-order valence-electron chi connectivity index (χ4n) is 4.35. The molecule has 0 aromatic carbocycles. The van der Waals surface area contributed by atoms with Crippen LogP contribution in [-0.2, 0) is 14.3 Å². The number of esters is 2. The van der Waals surface area contributed by atoms with Crippen LogP contribution in [0.1, 0.15) is 33.1 Å². The van der Waals surface area contributed by atoms with E-state index < -0.39 is 0 Å². The first-order valence-electron chi connectivity index (χ1n) is 6.35. The van der Waals surface area contributed by atoms with E-state index in [0.29, 0.717) is 17.8 Å². The van der Waals surface area contributed by atoms with Crippen molar-refractivity contribution in [1.82, 2.24) is 0 Å². The number of carbonyl (C=O) groups excluding carboxylic acids is 2. The highest BCUT2D eigenvalue weighted by molar-refractivity contribution is 5.96. The molecule has 88 valence electrons. The Balaban J connectivity index is 1.88. The summed E-state index contributed by atoms with van der Waals surface area (Å²) in [5.41, 5.74) is 0. The monoisotopic (exact) mass is 222 g/mol. The zero-order valence-corrected chi connectivity index (χ0v) is 9.81. The molecule has 3 heteroatoms. The number of rotatable bonds is 1. The van der Waals surface area contributed by atoms with Crippen LogP contribution in [0.2, 0.25) is 0 Å². The summed E-state index contributed by atoms with van der Waals surface area (Å²) >= 11 is 0. The first-order valence-corrected chi connectivity index (χ1v) is 6.35. The Morgan fingerprint density at radius 2 is 1.75 bits per heavy atom. The van der Waals surface area contributed by atoms with Crippen molar-refractivity contribution in [2.24, 2.45) is 35.5 Å². The third kappa shape index (κ3) is 1.20. The summed E-state index contributed by atoms with van der Waals surface area (Å²) in [6, 6.07) is 0. The largest absolute Gasteiger partial charge is 0.393 e. The molecular weight excluding hydrogens is 204 g/mol. The Morgan fingerprint density at radius 1 is 1.06 bits per heavy atom. The van der Waals surface area contributed by atoms with Gasteiger partial charge in [0.15, 0.2) is 0 Å². The zero-order valence-electron chi connectivity index (χ0n) is 9.81.